The first-order chi connectivity index (χ1) is 14.7. The number of alkyl halides is 3. The molecule has 4 aromatic rings. The Kier molecular flexibility index (Phi) is 6.23. The van der Waals surface area contributed by atoms with Gasteiger partial charge in [-0.3, -0.25) is 0 Å². The van der Waals surface area contributed by atoms with Crippen molar-refractivity contribution in [3.8, 4) is 5.95 Å². The molecule has 0 radical (unpaired) electrons. The molecule has 0 spiro atoms. The van der Waals surface area contributed by atoms with Crippen LogP contribution in [0.15, 0.2) is 59.6 Å². The van der Waals surface area contributed by atoms with Crippen molar-refractivity contribution in [2.24, 2.45) is 0 Å². The number of imidazole rings is 1. The van der Waals surface area contributed by atoms with Gasteiger partial charge in [0.25, 0.3) is 0 Å². The fourth-order valence-electron chi connectivity index (χ4n) is 3.25. The average molecular weight is 481 g/mol. The van der Waals surface area contributed by atoms with E-state index in [2.05, 4.69) is 16.0 Å². The van der Waals surface area contributed by atoms with E-state index in [1.807, 2.05) is 48.9 Å². The zero-order valence-electron chi connectivity index (χ0n) is 16.6. The monoisotopic (exact) mass is 480 g/mol. The maximum absolute atomic E-state index is 13.1. The van der Waals surface area contributed by atoms with Crippen LogP contribution in [-0.2, 0) is 11.9 Å². The van der Waals surface area contributed by atoms with Gasteiger partial charge in [-0.25, -0.2) is 9.55 Å². The summed E-state index contributed by atoms with van der Waals surface area (Å²) in [6, 6.07) is 13.3. The third-order valence-corrected chi connectivity index (χ3v) is 7.46. The largest absolute Gasteiger partial charge is 0.416 e. The van der Waals surface area contributed by atoms with Gasteiger partial charge < -0.3 is 0 Å². The fraction of sp³-hybridized carbons (Fsp3) is 0.182. The van der Waals surface area contributed by atoms with E-state index >= 15 is 0 Å². The number of nitrogens with one attached hydrogen (secondary N) is 1. The van der Waals surface area contributed by atoms with Crippen LogP contribution in [-0.4, -0.2) is 9.97 Å². The number of aromatic amines is 1. The number of pyridine rings is 1. The third-order valence-electron chi connectivity index (χ3n) is 4.73. The van der Waals surface area contributed by atoms with Crippen LogP contribution in [0.2, 0.25) is 5.02 Å². The highest BCUT2D eigenvalue weighted by molar-refractivity contribution is 8.76. The first-order valence-electron chi connectivity index (χ1n) is 9.35. The zero-order chi connectivity index (χ0) is 22.2. The van der Waals surface area contributed by atoms with Crippen LogP contribution in [0.3, 0.4) is 0 Å². The Balaban J connectivity index is 1.67. The number of aryl methyl sites for hydroxylation is 2. The third kappa shape index (κ3) is 4.86. The van der Waals surface area contributed by atoms with Gasteiger partial charge in [0.1, 0.15) is 5.52 Å². The molecule has 1 N–H and O–H groups in total. The van der Waals surface area contributed by atoms with E-state index in [4.69, 9.17) is 11.6 Å². The van der Waals surface area contributed by atoms with E-state index in [0.717, 1.165) is 33.8 Å². The number of halogens is 4. The molecular formula is C22H18ClF3N3S2+. The van der Waals surface area contributed by atoms with Gasteiger partial charge in [-0.2, -0.15) is 13.2 Å². The summed E-state index contributed by atoms with van der Waals surface area (Å²) in [5.74, 6) is 1.15. The number of aromatic nitrogens is 3. The lowest BCUT2D eigenvalue weighted by atomic mass is 10.2. The van der Waals surface area contributed by atoms with Crippen LogP contribution in [0.25, 0.3) is 17.0 Å². The van der Waals surface area contributed by atoms with Gasteiger partial charge in [-0.1, -0.05) is 56.4 Å². The molecule has 0 amide bonds. The Hall–Kier alpha value is -2.16. The molecule has 0 saturated heterocycles. The number of nitrogens with zero attached hydrogens (tertiary/aromatic N) is 2. The molecule has 0 fully saturated rings. The molecule has 0 bridgehead atoms. The summed E-state index contributed by atoms with van der Waals surface area (Å²) in [4.78, 5) is 8.56. The summed E-state index contributed by atoms with van der Waals surface area (Å²) < 4.78 is 41.1. The highest BCUT2D eigenvalue weighted by Crippen LogP contribution is 2.37. The molecule has 0 aliphatic heterocycles. The van der Waals surface area contributed by atoms with Crippen molar-refractivity contribution in [3.63, 3.8) is 0 Å². The maximum Gasteiger partial charge on any atom is 0.416 e. The molecule has 31 heavy (non-hydrogen) atoms. The zero-order valence-corrected chi connectivity index (χ0v) is 19.0. The minimum atomic E-state index is -4.40. The van der Waals surface area contributed by atoms with E-state index in [1.54, 1.807) is 21.6 Å². The van der Waals surface area contributed by atoms with Crippen LogP contribution in [0.1, 0.15) is 22.4 Å². The van der Waals surface area contributed by atoms with Gasteiger partial charge >= 0.3 is 12.1 Å². The van der Waals surface area contributed by atoms with Gasteiger partial charge in [0.05, 0.1) is 28.2 Å². The highest BCUT2D eigenvalue weighted by Gasteiger charge is 2.31. The second-order valence-corrected chi connectivity index (χ2v) is 9.83. The first kappa shape index (κ1) is 22.0. The standard InChI is InChI=1S/C22H18ClF3N3S2/c1-13-9-14(2)19(12-30-31-20-6-4-3-5-16(20)23)29(11-13)21-27-17-8-7-15(22(24,25)26)10-18(17)28-21/h3-11H,12H2,1-2H3,(H,27,28)/q+1. The number of fused-ring (bicyclic) bond motifs is 1. The van der Waals surface area contributed by atoms with Gasteiger partial charge in [0.2, 0.25) is 0 Å². The Morgan fingerprint density at radius 2 is 1.87 bits per heavy atom. The van der Waals surface area contributed by atoms with Crippen LogP contribution >= 0.6 is 33.2 Å². The maximum atomic E-state index is 13.1. The number of hydrogen-bond acceptors (Lipinski definition) is 3. The second-order valence-electron chi connectivity index (χ2n) is 7.08. The molecule has 9 heteroatoms. The van der Waals surface area contributed by atoms with Crippen molar-refractivity contribution in [3.05, 3.63) is 82.1 Å². The summed E-state index contributed by atoms with van der Waals surface area (Å²) in [7, 11) is 3.22. The summed E-state index contributed by atoms with van der Waals surface area (Å²) in [6.07, 6.45) is -2.46. The lowest BCUT2D eigenvalue weighted by molar-refractivity contribution is -0.611. The van der Waals surface area contributed by atoms with Crippen LogP contribution in [0.4, 0.5) is 13.2 Å². The highest BCUT2D eigenvalue weighted by atomic mass is 35.5. The molecule has 2 aromatic carbocycles. The number of H-pyrrole nitrogens is 1. The van der Waals surface area contributed by atoms with Crippen molar-refractivity contribution >= 4 is 44.2 Å². The van der Waals surface area contributed by atoms with E-state index in [-0.39, 0.29) is 0 Å². The molecule has 0 saturated carbocycles. The predicted octanol–water partition coefficient (Wildman–Crippen LogP) is 7.07. The summed E-state index contributed by atoms with van der Waals surface area (Å²) in [6.45, 7) is 3.99. The minimum Gasteiger partial charge on any atom is -0.238 e. The SMILES string of the molecule is Cc1cc(C)c(CSSc2ccccc2Cl)[n+](-c2nc3ccc(C(F)(F)F)cc3[nH]2)c1. The second kappa shape index (κ2) is 8.76. The molecule has 160 valence electrons. The van der Waals surface area contributed by atoms with Crippen molar-refractivity contribution in [2.75, 3.05) is 0 Å². The molecule has 0 aliphatic carbocycles. The average Bonchev–Trinajstić information content (AvgIpc) is 3.13. The van der Waals surface area contributed by atoms with E-state index < -0.39 is 11.7 Å². The minimum absolute atomic E-state index is 0.348. The Morgan fingerprint density at radius 1 is 1.10 bits per heavy atom. The Morgan fingerprint density at radius 3 is 2.61 bits per heavy atom. The topological polar surface area (TPSA) is 32.6 Å². The van der Waals surface area contributed by atoms with Crippen molar-refractivity contribution in [2.45, 2.75) is 30.7 Å². The lowest BCUT2D eigenvalue weighted by Crippen LogP contribution is -2.38. The predicted molar refractivity (Wildman–Crippen MR) is 121 cm³/mol. The van der Waals surface area contributed by atoms with E-state index in [1.165, 1.54) is 6.07 Å². The van der Waals surface area contributed by atoms with Crippen molar-refractivity contribution < 1.29 is 17.7 Å². The van der Waals surface area contributed by atoms with Crippen molar-refractivity contribution in [1.29, 1.82) is 0 Å². The number of benzene rings is 2. The Bertz CT molecular complexity index is 1250. The van der Waals surface area contributed by atoms with Gasteiger partial charge in [0, 0.05) is 4.90 Å². The molecule has 4 rings (SSSR count). The Labute approximate surface area is 190 Å². The van der Waals surface area contributed by atoms with E-state index in [9.17, 15) is 13.2 Å². The smallest absolute Gasteiger partial charge is 0.238 e. The normalized spacial score (nSPS) is 11.9. The summed E-state index contributed by atoms with van der Waals surface area (Å²) in [5.41, 5.74) is 3.24. The molecule has 0 atom stereocenters. The molecule has 2 heterocycles. The molecule has 0 unspecified atom stereocenters. The number of hydrogen-bond donors (Lipinski definition) is 1. The quantitative estimate of drug-likeness (QED) is 0.245. The molecule has 3 nitrogen and oxygen atoms in total. The van der Waals surface area contributed by atoms with Crippen LogP contribution < -0.4 is 4.57 Å². The molecule has 2 aromatic heterocycles. The van der Waals surface area contributed by atoms with Crippen LogP contribution in [0, 0.1) is 13.8 Å². The molecule has 0 aliphatic rings. The van der Waals surface area contributed by atoms with Gasteiger partial charge in [-0.15, -0.1) is 0 Å². The lowest BCUT2D eigenvalue weighted by Gasteiger charge is -2.10. The van der Waals surface area contributed by atoms with E-state index in [0.29, 0.717) is 27.8 Å². The summed E-state index contributed by atoms with van der Waals surface area (Å²) >= 11 is 6.24. The van der Waals surface area contributed by atoms with Crippen LogP contribution in [0.5, 0.6) is 0 Å². The molecular weight excluding hydrogens is 463 g/mol. The first-order valence-corrected chi connectivity index (χ1v) is 12.0. The fourth-order valence-corrected chi connectivity index (χ4v) is 5.92. The number of rotatable bonds is 5. The van der Waals surface area contributed by atoms with Gasteiger partial charge in [0.15, 0.2) is 5.52 Å². The van der Waals surface area contributed by atoms with Crippen molar-refractivity contribution in [1.82, 2.24) is 9.97 Å². The van der Waals surface area contributed by atoms with Gasteiger partial charge in [-0.05, 0) is 55.3 Å². The summed E-state index contributed by atoms with van der Waals surface area (Å²) in [5, 5.41) is 0.700.